The van der Waals surface area contributed by atoms with Crippen molar-refractivity contribution in [2.24, 2.45) is 5.10 Å². The average Bonchev–Trinajstić information content (AvgIpc) is 2.77. The molecule has 0 heterocycles. The fourth-order valence-corrected chi connectivity index (χ4v) is 5.18. The first kappa shape index (κ1) is 25.4. The fraction of sp³-hybridized carbons (Fsp3) is 0.316. The molecule has 0 atom stereocenters. The Balaban J connectivity index is 2.44. The van der Waals surface area contributed by atoms with Crippen LogP contribution in [0.3, 0.4) is 0 Å². The van der Waals surface area contributed by atoms with Gasteiger partial charge in [0.2, 0.25) is 20.0 Å². The number of non-ortho nitro benzene ring substituents is 1. The highest BCUT2D eigenvalue weighted by Gasteiger charge is 2.27. The number of benzene rings is 2. The Hall–Kier alpha value is -2.87. The van der Waals surface area contributed by atoms with Gasteiger partial charge in [-0.2, -0.15) is 9.41 Å². The molecule has 0 aliphatic heterocycles. The third-order valence-electron chi connectivity index (χ3n) is 4.69. The first-order valence-electron chi connectivity index (χ1n) is 9.60. The second kappa shape index (κ2) is 10.2. The van der Waals surface area contributed by atoms with Gasteiger partial charge in [0.15, 0.2) is 0 Å². The van der Waals surface area contributed by atoms with Crippen LogP contribution in [0.2, 0.25) is 0 Å². The summed E-state index contributed by atoms with van der Waals surface area (Å²) in [5.74, 6) is 0. The van der Waals surface area contributed by atoms with Gasteiger partial charge in [0, 0.05) is 25.2 Å². The number of sulfonamides is 2. The molecule has 0 saturated heterocycles. The molecule has 0 fully saturated rings. The Kier molecular flexibility index (Phi) is 8.07. The largest absolute Gasteiger partial charge is 0.277 e. The first-order chi connectivity index (χ1) is 15.0. The zero-order valence-electron chi connectivity index (χ0n) is 18.1. The molecule has 11 nitrogen and oxygen atoms in total. The van der Waals surface area contributed by atoms with Gasteiger partial charge in [-0.15, -0.1) is 0 Å². The number of nitrogens with zero attached hydrogens (tertiary/aromatic N) is 3. The first-order valence-corrected chi connectivity index (χ1v) is 12.5. The summed E-state index contributed by atoms with van der Waals surface area (Å²) in [5.41, 5.74) is 3.44. The number of hydrogen-bond donors (Lipinski definition) is 2. The molecule has 0 radical (unpaired) electrons. The van der Waals surface area contributed by atoms with Crippen molar-refractivity contribution >= 4 is 37.1 Å². The van der Waals surface area contributed by atoms with E-state index in [1.54, 1.807) is 32.9 Å². The summed E-state index contributed by atoms with van der Waals surface area (Å²) in [6, 6.07) is 9.44. The van der Waals surface area contributed by atoms with Crippen LogP contribution in [-0.4, -0.2) is 51.9 Å². The number of rotatable bonds is 10. The predicted molar refractivity (Wildman–Crippen MR) is 122 cm³/mol. The second-order valence-corrected chi connectivity index (χ2v) is 10.4. The fourth-order valence-electron chi connectivity index (χ4n) is 2.83. The van der Waals surface area contributed by atoms with E-state index in [2.05, 4.69) is 15.2 Å². The average molecular weight is 484 g/mol. The zero-order chi connectivity index (χ0) is 24.1. The van der Waals surface area contributed by atoms with Crippen molar-refractivity contribution in [3.8, 4) is 0 Å². The van der Waals surface area contributed by atoms with E-state index in [0.717, 1.165) is 6.07 Å². The Labute approximate surface area is 187 Å². The van der Waals surface area contributed by atoms with Crippen molar-refractivity contribution in [2.75, 3.05) is 25.6 Å². The highest BCUT2D eigenvalue weighted by molar-refractivity contribution is 7.89. The van der Waals surface area contributed by atoms with Gasteiger partial charge in [0.25, 0.3) is 5.69 Å². The summed E-state index contributed by atoms with van der Waals surface area (Å²) in [5, 5.41) is 15.4. The number of hydrazone groups is 1. The highest BCUT2D eigenvalue weighted by atomic mass is 32.2. The molecule has 0 aliphatic carbocycles. The minimum atomic E-state index is -4.00. The van der Waals surface area contributed by atoms with Gasteiger partial charge in [0.1, 0.15) is 4.90 Å². The maximum absolute atomic E-state index is 13.0. The molecule has 0 spiro atoms. The minimum Gasteiger partial charge on any atom is -0.277 e. The van der Waals surface area contributed by atoms with Crippen LogP contribution < -0.4 is 10.1 Å². The third-order valence-corrected chi connectivity index (χ3v) is 8.21. The van der Waals surface area contributed by atoms with Crippen molar-refractivity contribution in [1.82, 2.24) is 9.03 Å². The summed E-state index contributed by atoms with van der Waals surface area (Å²) >= 11 is 0. The number of hydrogen-bond acceptors (Lipinski definition) is 8. The number of nitro benzene ring substituents is 1. The number of anilines is 1. The van der Waals surface area contributed by atoms with Crippen LogP contribution in [0.5, 0.6) is 0 Å². The molecule has 2 rings (SSSR count). The lowest BCUT2D eigenvalue weighted by Crippen LogP contribution is -2.31. The summed E-state index contributed by atoms with van der Waals surface area (Å²) in [6.45, 7) is 5.40. The molecule has 32 heavy (non-hydrogen) atoms. The van der Waals surface area contributed by atoms with E-state index < -0.39 is 25.0 Å². The maximum Gasteiger partial charge on any atom is 0.270 e. The minimum absolute atomic E-state index is 0.0798. The molecule has 0 aromatic heterocycles. The van der Waals surface area contributed by atoms with E-state index >= 15 is 0 Å². The van der Waals surface area contributed by atoms with E-state index in [9.17, 15) is 26.9 Å². The van der Waals surface area contributed by atoms with E-state index in [-0.39, 0.29) is 34.3 Å². The summed E-state index contributed by atoms with van der Waals surface area (Å²) in [7, 11) is -6.26. The topological polar surface area (TPSA) is 151 Å². The molecular formula is C19H25N5O6S2. The molecule has 0 unspecified atom stereocenters. The Morgan fingerprint density at radius 2 is 1.66 bits per heavy atom. The monoisotopic (exact) mass is 483 g/mol. The number of nitro groups is 1. The number of nitrogens with one attached hydrogen (secondary N) is 2. The molecular weight excluding hydrogens is 458 g/mol. The van der Waals surface area contributed by atoms with Crippen LogP contribution in [-0.2, 0) is 20.0 Å². The molecule has 0 saturated carbocycles. The van der Waals surface area contributed by atoms with Gasteiger partial charge < -0.3 is 0 Å². The lowest BCUT2D eigenvalue weighted by molar-refractivity contribution is -0.385. The van der Waals surface area contributed by atoms with Gasteiger partial charge in [-0.3, -0.25) is 15.5 Å². The van der Waals surface area contributed by atoms with Gasteiger partial charge in [0.05, 0.1) is 21.2 Å². The third kappa shape index (κ3) is 5.48. The normalized spacial score (nSPS) is 12.7. The smallest absolute Gasteiger partial charge is 0.270 e. The molecule has 174 valence electrons. The highest BCUT2D eigenvalue weighted by Crippen LogP contribution is 2.29. The van der Waals surface area contributed by atoms with Crippen molar-refractivity contribution in [2.45, 2.75) is 30.6 Å². The van der Waals surface area contributed by atoms with Crippen LogP contribution in [0.1, 0.15) is 26.3 Å². The van der Waals surface area contributed by atoms with E-state index in [1.807, 2.05) is 0 Å². The van der Waals surface area contributed by atoms with Gasteiger partial charge in [-0.1, -0.05) is 26.0 Å². The van der Waals surface area contributed by atoms with Crippen LogP contribution in [0.15, 0.2) is 57.4 Å². The second-order valence-electron chi connectivity index (χ2n) is 6.57. The molecule has 0 amide bonds. The molecule has 0 aliphatic rings. The van der Waals surface area contributed by atoms with Gasteiger partial charge in [-0.05, 0) is 37.7 Å². The van der Waals surface area contributed by atoms with Gasteiger partial charge >= 0.3 is 0 Å². The van der Waals surface area contributed by atoms with Crippen LogP contribution in [0.4, 0.5) is 11.4 Å². The van der Waals surface area contributed by atoms with E-state index in [0.29, 0.717) is 11.3 Å². The Morgan fingerprint density at radius 1 is 1.06 bits per heavy atom. The SMILES string of the molecule is CCN(CC)S(=O)(=O)c1cc([N+](=O)[O-])ccc1NN=C(C)c1ccc(S(=O)(=O)NC)cc1. The molecule has 2 aromatic rings. The maximum atomic E-state index is 13.0. The Morgan fingerprint density at radius 3 is 2.16 bits per heavy atom. The molecule has 0 bridgehead atoms. The Bertz CT molecular complexity index is 1220. The van der Waals surface area contributed by atoms with Crippen molar-refractivity contribution in [1.29, 1.82) is 0 Å². The van der Waals surface area contributed by atoms with Crippen LogP contribution >= 0.6 is 0 Å². The van der Waals surface area contributed by atoms with Gasteiger partial charge in [-0.25, -0.2) is 21.6 Å². The van der Waals surface area contributed by atoms with E-state index in [1.165, 1.54) is 35.6 Å². The lowest BCUT2D eigenvalue weighted by Gasteiger charge is -2.20. The molecule has 2 aromatic carbocycles. The lowest BCUT2D eigenvalue weighted by atomic mass is 10.1. The van der Waals surface area contributed by atoms with Crippen LogP contribution in [0, 0.1) is 10.1 Å². The standard InChI is InChI=1S/C19H25N5O6S2/c1-5-23(6-2)32(29,30)19-13-16(24(25)26)9-12-18(19)22-21-14(3)15-7-10-17(11-8-15)31(27,28)20-4/h7-13,20,22H,5-6H2,1-4H3. The molecule has 13 heteroatoms. The summed E-state index contributed by atoms with van der Waals surface area (Å²) in [4.78, 5) is 10.3. The van der Waals surface area contributed by atoms with Crippen molar-refractivity contribution < 1.29 is 21.8 Å². The quantitative estimate of drug-likeness (QED) is 0.299. The predicted octanol–water partition coefficient (Wildman–Crippen LogP) is 2.37. The zero-order valence-corrected chi connectivity index (χ0v) is 19.7. The van der Waals surface area contributed by atoms with Crippen LogP contribution in [0.25, 0.3) is 0 Å². The summed E-state index contributed by atoms with van der Waals surface area (Å²) in [6.07, 6.45) is 0. The van der Waals surface area contributed by atoms with Crippen molar-refractivity contribution in [3.63, 3.8) is 0 Å². The summed E-state index contributed by atoms with van der Waals surface area (Å²) < 4.78 is 53.1. The van der Waals surface area contributed by atoms with Crippen molar-refractivity contribution in [3.05, 3.63) is 58.1 Å². The molecule has 2 N–H and O–H groups in total. The van der Waals surface area contributed by atoms with E-state index in [4.69, 9.17) is 0 Å².